The molecule has 0 unspecified atom stereocenters. The standard InChI is InChI=1S/C10H17N3O2/c1-3-5-10(4-2)6-7(12-13-11)8(14)9(10)15/h3,7-9,14-15H,1,4-6H2,2H3/t7-,8+,9+,10+/m1/s1. The Hall–Kier alpha value is -1.03. The Morgan fingerprint density at radius 1 is 1.67 bits per heavy atom. The van der Waals surface area contributed by atoms with E-state index in [4.69, 9.17) is 5.53 Å². The summed E-state index contributed by atoms with van der Waals surface area (Å²) in [5.74, 6) is 0. The molecule has 84 valence electrons. The Labute approximate surface area is 89.1 Å². The van der Waals surface area contributed by atoms with Crippen molar-refractivity contribution >= 4 is 0 Å². The number of nitrogens with zero attached hydrogens (tertiary/aromatic N) is 3. The fourth-order valence-electron chi connectivity index (χ4n) is 2.40. The van der Waals surface area contributed by atoms with Gasteiger partial charge in [0.05, 0.1) is 18.2 Å². The molecular weight excluding hydrogens is 194 g/mol. The second kappa shape index (κ2) is 4.66. The lowest BCUT2D eigenvalue weighted by Crippen LogP contribution is -2.36. The van der Waals surface area contributed by atoms with E-state index in [0.29, 0.717) is 12.8 Å². The lowest BCUT2D eigenvalue weighted by Gasteiger charge is -2.30. The Kier molecular flexibility index (Phi) is 3.74. The lowest BCUT2D eigenvalue weighted by atomic mass is 9.78. The molecule has 0 saturated heterocycles. The van der Waals surface area contributed by atoms with Crippen molar-refractivity contribution in [3.8, 4) is 0 Å². The third-order valence-corrected chi connectivity index (χ3v) is 3.42. The number of azide groups is 1. The maximum Gasteiger partial charge on any atom is 0.0889 e. The molecule has 0 aromatic carbocycles. The molecule has 1 aliphatic rings. The van der Waals surface area contributed by atoms with E-state index < -0.39 is 18.2 Å². The summed E-state index contributed by atoms with van der Waals surface area (Å²) in [7, 11) is 0. The first-order valence-corrected chi connectivity index (χ1v) is 5.12. The van der Waals surface area contributed by atoms with Gasteiger partial charge in [-0.25, -0.2) is 0 Å². The van der Waals surface area contributed by atoms with Crippen LogP contribution in [0.2, 0.25) is 0 Å². The van der Waals surface area contributed by atoms with Crippen molar-refractivity contribution in [2.45, 2.75) is 44.4 Å². The molecule has 0 heterocycles. The van der Waals surface area contributed by atoms with Crippen molar-refractivity contribution in [1.82, 2.24) is 0 Å². The Morgan fingerprint density at radius 2 is 2.33 bits per heavy atom. The number of hydrogen-bond acceptors (Lipinski definition) is 3. The molecule has 4 atom stereocenters. The molecule has 0 aromatic heterocycles. The third kappa shape index (κ3) is 2.00. The predicted molar refractivity (Wildman–Crippen MR) is 57.1 cm³/mol. The summed E-state index contributed by atoms with van der Waals surface area (Å²) >= 11 is 0. The Balaban J connectivity index is 2.92. The molecule has 0 aromatic rings. The largest absolute Gasteiger partial charge is 0.390 e. The smallest absolute Gasteiger partial charge is 0.0889 e. The quantitative estimate of drug-likeness (QED) is 0.321. The normalized spacial score (nSPS) is 39.8. The molecule has 0 aliphatic heterocycles. The highest BCUT2D eigenvalue weighted by molar-refractivity contribution is 5.06. The zero-order valence-electron chi connectivity index (χ0n) is 8.87. The highest BCUT2D eigenvalue weighted by Crippen LogP contribution is 2.45. The van der Waals surface area contributed by atoms with E-state index in [1.165, 1.54) is 0 Å². The van der Waals surface area contributed by atoms with Gasteiger partial charge in [-0.2, -0.15) is 0 Å². The van der Waals surface area contributed by atoms with Crippen molar-refractivity contribution < 1.29 is 10.2 Å². The summed E-state index contributed by atoms with van der Waals surface area (Å²) in [6.45, 7) is 5.61. The molecular formula is C10H17N3O2. The number of allylic oxidation sites excluding steroid dienone is 1. The van der Waals surface area contributed by atoms with Crippen LogP contribution in [0.25, 0.3) is 10.4 Å². The van der Waals surface area contributed by atoms with Crippen molar-refractivity contribution in [3.63, 3.8) is 0 Å². The molecule has 1 fully saturated rings. The maximum atomic E-state index is 9.96. The zero-order valence-corrected chi connectivity index (χ0v) is 8.87. The van der Waals surface area contributed by atoms with Crippen LogP contribution >= 0.6 is 0 Å². The van der Waals surface area contributed by atoms with Gasteiger partial charge in [-0.3, -0.25) is 0 Å². The molecule has 5 nitrogen and oxygen atoms in total. The van der Waals surface area contributed by atoms with Crippen LogP contribution in [-0.2, 0) is 0 Å². The van der Waals surface area contributed by atoms with Crippen LogP contribution in [0.15, 0.2) is 17.8 Å². The topological polar surface area (TPSA) is 89.2 Å². The van der Waals surface area contributed by atoms with Crippen LogP contribution in [0.4, 0.5) is 0 Å². The summed E-state index contributed by atoms with van der Waals surface area (Å²) in [5, 5.41) is 23.2. The number of hydrogen-bond donors (Lipinski definition) is 2. The van der Waals surface area contributed by atoms with E-state index in [0.717, 1.165) is 6.42 Å². The number of rotatable bonds is 4. The summed E-state index contributed by atoms with van der Waals surface area (Å²) in [5.41, 5.74) is 7.96. The highest BCUT2D eigenvalue weighted by atomic mass is 16.3. The van der Waals surface area contributed by atoms with E-state index in [2.05, 4.69) is 16.6 Å². The predicted octanol–water partition coefficient (Wildman–Crippen LogP) is 1.76. The molecule has 0 spiro atoms. The van der Waals surface area contributed by atoms with Gasteiger partial charge < -0.3 is 10.2 Å². The molecule has 1 saturated carbocycles. The van der Waals surface area contributed by atoms with Crippen molar-refractivity contribution in [2.24, 2.45) is 10.5 Å². The fourth-order valence-corrected chi connectivity index (χ4v) is 2.40. The Bertz CT molecular complexity index is 288. The number of aliphatic hydroxyl groups is 2. The monoisotopic (exact) mass is 211 g/mol. The van der Waals surface area contributed by atoms with Crippen molar-refractivity contribution in [3.05, 3.63) is 23.1 Å². The minimum Gasteiger partial charge on any atom is -0.390 e. The maximum absolute atomic E-state index is 9.96. The molecule has 1 rings (SSSR count). The average molecular weight is 211 g/mol. The van der Waals surface area contributed by atoms with Crippen molar-refractivity contribution in [1.29, 1.82) is 0 Å². The number of aliphatic hydroxyl groups excluding tert-OH is 2. The van der Waals surface area contributed by atoms with Gasteiger partial charge in [0.2, 0.25) is 0 Å². The van der Waals surface area contributed by atoms with Gasteiger partial charge >= 0.3 is 0 Å². The van der Waals surface area contributed by atoms with E-state index in [9.17, 15) is 10.2 Å². The summed E-state index contributed by atoms with van der Waals surface area (Å²) < 4.78 is 0. The van der Waals surface area contributed by atoms with Crippen LogP contribution in [0.1, 0.15) is 26.2 Å². The van der Waals surface area contributed by atoms with Crippen LogP contribution in [-0.4, -0.2) is 28.5 Å². The van der Waals surface area contributed by atoms with Crippen LogP contribution < -0.4 is 0 Å². The summed E-state index contributed by atoms with van der Waals surface area (Å²) in [6.07, 6.45) is 1.81. The third-order valence-electron chi connectivity index (χ3n) is 3.42. The minimum absolute atomic E-state index is 0.389. The van der Waals surface area contributed by atoms with Gasteiger partial charge in [0.15, 0.2) is 0 Å². The van der Waals surface area contributed by atoms with E-state index in [-0.39, 0.29) is 5.41 Å². The molecule has 0 radical (unpaired) electrons. The van der Waals surface area contributed by atoms with Gasteiger partial charge in [0, 0.05) is 10.3 Å². The highest BCUT2D eigenvalue weighted by Gasteiger charge is 2.50. The van der Waals surface area contributed by atoms with Crippen LogP contribution in [0.3, 0.4) is 0 Å². The van der Waals surface area contributed by atoms with Crippen molar-refractivity contribution in [2.75, 3.05) is 0 Å². The van der Waals surface area contributed by atoms with Gasteiger partial charge in [-0.1, -0.05) is 18.1 Å². The molecule has 5 heteroatoms. The molecule has 2 N–H and O–H groups in total. The van der Waals surface area contributed by atoms with E-state index >= 15 is 0 Å². The van der Waals surface area contributed by atoms with Crippen LogP contribution in [0.5, 0.6) is 0 Å². The Morgan fingerprint density at radius 3 is 2.80 bits per heavy atom. The molecule has 1 aliphatic carbocycles. The second-order valence-electron chi connectivity index (χ2n) is 4.12. The minimum atomic E-state index is -0.958. The first kappa shape index (κ1) is 12.0. The van der Waals surface area contributed by atoms with E-state index in [1.54, 1.807) is 6.08 Å². The van der Waals surface area contributed by atoms with Gasteiger partial charge in [0.25, 0.3) is 0 Å². The lowest BCUT2D eigenvalue weighted by molar-refractivity contribution is -0.0243. The van der Waals surface area contributed by atoms with E-state index in [1.807, 2.05) is 6.92 Å². The molecule has 0 amide bonds. The van der Waals surface area contributed by atoms with Gasteiger partial charge in [0.1, 0.15) is 0 Å². The summed E-state index contributed by atoms with van der Waals surface area (Å²) in [6, 6.07) is -0.523. The second-order valence-corrected chi connectivity index (χ2v) is 4.12. The molecule has 0 bridgehead atoms. The first-order chi connectivity index (χ1) is 7.11. The van der Waals surface area contributed by atoms with Gasteiger partial charge in [-0.05, 0) is 24.8 Å². The SMILES string of the molecule is C=CC[C@@]1(CC)C[C@@H](N=[N+]=[N-])[C@H](O)[C@@H]1O. The summed E-state index contributed by atoms with van der Waals surface area (Å²) in [4.78, 5) is 2.69. The van der Waals surface area contributed by atoms with Gasteiger partial charge in [-0.15, -0.1) is 6.58 Å². The first-order valence-electron chi connectivity index (χ1n) is 5.12. The average Bonchev–Trinajstić information content (AvgIpc) is 2.46. The zero-order chi connectivity index (χ0) is 11.5. The molecule has 15 heavy (non-hydrogen) atoms. The fraction of sp³-hybridized carbons (Fsp3) is 0.800. The van der Waals surface area contributed by atoms with Crippen LogP contribution in [0, 0.1) is 5.41 Å².